The fourth-order valence-electron chi connectivity index (χ4n) is 3.45. The van der Waals surface area contributed by atoms with Crippen LogP contribution in [0.3, 0.4) is 0 Å². The summed E-state index contributed by atoms with van der Waals surface area (Å²) in [6, 6.07) is 18.1. The molecule has 7 nitrogen and oxygen atoms in total. The van der Waals surface area contributed by atoms with Gasteiger partial charge in [-0.15, -0.1) is 0 Å². The second-order valence-electron chi connectivity index (χ2n) is 7.42. The lowest BCUT2D eigenvalue weighted by molar-refractivity contribution is -0.121. The Kier molecular flexibility index (Phi) is 6.37. The zero-order valence-electron chi connectivity index (χ0n) is 17.3. The van der Waals surface area contributed by atoms with Gasteiger partial charge in [0, 0.05) is 37.5 Å². The molecule has 2 heterocycles. The number of hydrogen-bond acceptors (Lipinski definition) is 4. The number of H-pyrrole nitrogens is 1. The van der Waals surface area contributed by atoms with E-state index in [1.165, 1.54) is 0 Å². The van der Waals surface area contributed by atoms with Gasteiger partial charge in [0.05, 0.1) is 6.54 Å². The van der Waals surface area contributed by atoms with Crippen LogP contribution < -0.4 is 5.32 Å². The van der Waals surface area contributed by atoms with Crippen LogP contribution in [-0.4, -0.2) is 30.5 Å². The van der Waals surface area contributed by atoms with E-state index >= 15 is 0 Å². The number of nitrogens with one attached hydrogen (secondary N) is 2. The Labute approximate surface area is 185 Å². The maximum absolute atomic E-state index is 12.5. The summed E-state index contributed by atoms with van der Waals surface area (Å²) in [5.74, 6) is 0.712. The molecular formula is C23H24N6OS. The van der Waals surface area contributed by atoms with E-state index in [2.05, 4.69) is 38.8 Å². The van der Waals surface area contributed by atoms with Crippen LogP contribution in [0.5, 0.6) is 0 Å². The smallest absolute Gasteiger partial charge is 0.222 e. The average molecular weight is 433 g/mol. The predicted octanol–water partition coefficient (Wildman–Crippen LogP) is 3.87. The summed E-state index contributed by atoms with van der Waals surface area (Å²) in [6.07, 6.45) is 4.01. The molecule has 0 saturated heterocycles. The Balaban J connectivity index is 1.34. The molecule has 8 heteroatoms. The topological polar surface area (TPSA) is 80.5 Å². The van der Waals surface area contributed by atoms with E-state index in [0.717, 1.165) is 28.1 Å². The van der Waals surface area contributed by atoms with E-state index in [9.17, 15) is 4.79 Å². The van der Waals surface area contributed by atoms with Crippen LogP contribution in [0.4, 0.5) is 0 Å². The van der Waals surface area contributed by atoms with Gasteiger partial charge in [-0.3, -0.25) is 19.1 Å². The molecule has 0 atom stereocenters. The maximum atomic E-state index is 12.5. The lowest BCUT2D eigenvalue weighted by Gasteiger charge is -2.09. The second kappa shape index (κ2) is 9.53. The van der Waals surface area contributed by atoms with E-state index in [4.69, 9.17) is 12.2 Å². The summed E-state index contributed by atoms with van der Waals surface area (Å²) in [7, 11) is 0. The standard InChI is InChI=1S/C23H24N6OS/c1-17-5-2-8-20(13-17)22-26-27-23(31)29(22)12-9-21(30)24-15-18-6-3-7-19(14-18)16-28-11-4-10-25-28/h2-8,10-11,13-14H,9,12,15-16H2,1H3,(H,24,30)(H,27,31). The van der Waals surface area contributed by atoms with Gasteiger partial charge >= 0.3 is 0 Å². The van der Waals surface area contributed by atoms with Crippen molar-refractivity contribution in [3.63, 3.8) is 0 Å². The molecule has 2 aromatic heterocycles. The number of aromatic nitrogens is 5. The molecule has 0 spiro atoms. The number of carbonyl (C=O) groups is 1. The third kappa shape index (κ3) is 5.35. The highest BCUT2D eigenvalue weighted by molar-refractivity contribution is 7.71. The van der Waals surface area contributed by atoms with Gasteiger partial charge < -0.3 is 5.32 Å². The lowest BCUT2D eigenvalue weighted by atomic mass is 10.1. The highest BCUT2D eigenvalue weighted by Crippen LogP contribution is 2.18. The van der Waals surface area contributed by atoms with Gasteiger partial charge in [0.15, 0.2) is 10.6 Å². The molecule has 0 radical (unpaired) electrons. The highest BCUT2D eigenvalue weighted by atomic mass is 32.1. The molecule has 0 aliphatic heterocycles. The molecule has 0 aliphatic rings. The van der Waals surface area contributed by atoms with Gasteiger partial charge in [-0.2, -0.15) is 10.2 Å². The quantitative estimate of drug-likeness (QED) is 0.414. The molecule has 2 aromatic carbocycles. The SMILES string of the molecule is Cc1cccc(-c2n[nH]c(=S)n2CCC(=O)NCc2cccc(Cn3cccn3)c2)c1. The van der Waals surface area contributed by atoms with Crippen molar-refractivity contribution in [3.8, 4) is 11.4 Å². The van der Waals surface area contributed by atoms with Gasteiger partial charge in [-0.1, -0.05) is 48.0 Å². The van der Waals surface area contributed by atoms with Crippen molar-refractivity contribution in [2.45, 2.75) is 33.0 Å². The molecule has 31 heavy (non-hydrogen) atoms. The Morgan fingerprint density at radius 3 is 2.77 bits per heavy atom. The van der Waals surface area contributed by atoms with Gasteiger partial charge in [0.1, 0.15) is 0 Å². The zero-order chi connectivity index (χ0) is 21.6. The van der Waals surface area contributed by atoms with Crippen molar-refractivity contribution in [1.82, 2.24) is 29.9 Å². The van der Waals surface area contributed by atoms with Crippen molar-refractivity contribution in [2.24, 2.45) is 0 Å². The molecule has 0 saturated carbocycles. The fraction of sp³-hybridized carbons (Fsp3) is 0.217. The summed E-state index contributed by atoms with van der Waals surface area (Å²) in [5, 5.41) is 14.4. The number of aryl methyl sites for hydroxylation is 1. The summed E-state index contributed by atoms with van der Waals surface area (Å²) < 4.78 is 4.25. The first-order valence-electron chi connectivity index (χ1n) is 10.1. The minimum atomic E-state index is -0.0317. The Bertz CT molecular complexity index is 1220. The molecule has 4 rings (SSSR count). The van der Waals surface area contributed by atoms with Crippen molar-refractivity contribution in [2.75, 3.05) is 0 Å². The van der Waals surface area contributed by atoms with Crippen molar-refractivity contribution < 1.29 is 4.79 Å². The van der Waals surface area contributed by atoms with Crippen LogP contribution in [0.1, 0.15) is 23.1 Å². The van der Waals surface area contributed by atoms with Gasteiger partial charge in [0.25, 0.3) is 0 Å². The molecule has 0 bridgehead atoms. The van der Waals surface area contributed by atoms with Crippen LogP contribution in [0.25, 0.3) is 11.4 Å². The van der Waals surface area contributed by atoms with Crippen molar-refractivity contribution >= 4 is 18.1 Å². The Morgan fingerprint density at radius 2 is 1.97 bits per heavy atom. The summed E-state index contributed by atoms with van der Waals surface area (Å²) in [6.45, 7) is 3.68. The Morgan fingerprint density at radius 1 is 1.13 bits per heavy atom. The molecule has 4 aromatic rings. The molecular weight excluding hydrogens is 408 g/mol. The molecule has 0 aliphatic carbocycles. The molecule has 0 unspecified atom stereocenters. The second-order valence-corrected chi connectivity index (χ2v) is 7.81. The molecule has 0 fully saturated rings. The first-order chi connectivity index (χ1) is 15.1. The van der Waals surface area contributed by atoms with E-state index in [0.29, 0.717) is 30.8 Å². The van der Waals surface area contributed by atoms with Crippen LogP contribution >= 0.6 is 12.2 Å². The first kappa shape index (κ1) is 20.7. The largest absolute Gasteiger partial charge is 0.352 e. The number of carbonyl (C=O) groups excluding carboxylic acids is 1. The molecule has 1 amide bonds. The summed E-state index contributed by atoms with van der Waals surface area (Å²) >= 11 is 5.37. The summed E-state index contributed by atoms with van der Waals surface area (Å²) in [4.78, 5) is 12.5. The number of aromatic amines is 1. The number of rotatable bonds is 8. The zero-order valence-corrected chi connectivity index (χ0v) is 18.1. The maximum Gasteiger partial charge on any atom is 0.222 e. The first-order valence-corrected chi connectivity index (χ1v) is 10.5. The van der Waals surface area contributed by atoms with Crippen molar-refractivity contribution in [3.05, 3.63) is 88.5 Å². The van der Waals surface area contributed by atoms with Crippen molar-refractivity contribution in [1.29, 1.82) is 0 Å². The third-order valence-electron chi connectivity index (χ3n) is 4.98. The van der Waals surface area contributed by atoms with Crippen LogP contribution in [0.15, 0.2) is 67.0 Å². The monoisotopic (exact) mass is 432 g/mol. The fourth-order valence-corrected chi connectivity index (χ4v) is 3.67. The normalized spacial score (nSPS) is 10.9. The average Bonchev–Trinajstić information content (AvgIpc) is 3.40. The number of nitrogens with zero attached hydrogens (tertiary/aromatic N) is 4. The lowest BCUT2D eigenvalue weighted by Crippen LogP contribution is -2.24. The molecule has 2 N–H and O–H groups in total. The van der Waals surface area contributed by atoms with Crippen LogP contribution in [-0.2, 0) is 24.4 Å². The van der Waals surface area contributed by atoms with Gasteiger partial charge in [0.2, 0.25) is 5.91 Å². The van der Waals surface area contributed by atoms with Crippen LogP contribution in [0, 0.1) is 11.7 Å². The van der Waals surface area contributed by atoms with Crippen LogP contribution in [0.2, 0.25) is 0 Å². The summed E-state index contributed by atoms with van der Waals surface area (Å²) in [5.41, 5.74) is 4.31. The minimum Gasteiger partial charge on any atom is -0.352 e. The molecule has 158 valence electrons. The predicted molar refractivity (Wildman–Crippen MR) is 122 cm³/mol. The van der Waals surface area contributed by atoms with Gasteiger partial charge in [-0.05, 0) is 42.4 Å². The number of hydrogen-bond donors (Lipinski definition) is 2. The van der Waals surface area contributed by atoms with E-state index in [1.807, 2.05) is 58.8 Å². The van der Waals surface area contributed by atoms with E-state index < -0.39 is 0 Å². The third-order valence-corrected chi connectivity index (χ3v) is 5.29. The van der Waals surface area contributed by atoms with E-state index in [-0.39, 0.29) is 5.91 Å². The highest BCUT2D eigenvalue weighted by Gasteiger charge is 2.11. The number of benzene rings is 2. The minimum absolute atomic E-state index is 0.0317. The van der Waals surface area contributed by atoms with Gasteiger partial charge in [-0.25, -0.2) is 0 Å². The number of amides is 1. The Hall–Kier alpha value is -3.52. The van der Waals surface area contributed by atoms with E-state index in [1.54, 1.807) is 6.20 Å².